The zero-order valence-corrected chi connectivity index (χ0v) is 43.5. The molecule has 10 heteroatoms. The van der Waals surface area contributed by atoms with E-state index in [1.165, 1.54) is 21.9 Å². The summed E-state index contributed by atoms with van der Waals surface area (Å²) in [6.45, 7) is 0. The minimum absolute atomic E-state index is 0.906. The average molecular weight is 1050 g/mol. The predicted octanol–water partition coefficient (Wildman–Crippen LogP) is 13.0. The third-order valence-corrected chi connectivity index (χ3v) is 14.2. The van der Waals surface area contributed by atoms with Gasteiger partial charge in [0.1, 0.15) is 6.15 Å². The van der Waals surface area contributed by atoms with Gasteiger partial charge in [-0.1, -0.05) is 243 Å². The number of fused-ring (bicyclic) bond motifs is 8. The van der Waals surface area contributed by atoms with Gasteiger partial charge in [-0.05, 0) is 70.8 Å². The van der Waals surface area contributed by atoms with Crippen molar-refractivity contribution in [3.8, 4) is 44.5 Å². The number of aromatic nitrogens is 4. The number of aromatic amines is 2. The Bertz CT molecular complexity index is 3680. The summed E-state index contributed by atoms with van der Waals surface area (Å²) in [5, 5.41) is 0. The molecule has 8 nitrogen and oxygen atoms in total. The second-order valence-corrected chi connectivity index (χ2v) is 20.2. The number of nitrogens with one attached hydrogen (secondary N) is 2. The van der Waals surface area contributed by atoms with E-state index in [2.05, 4.69) is 277 Å². The summed E-state index contributed by atoms with van der Waals surface area (Å²) in [4.78, 5) is 18.3. The average Bonchev–Trinajstić information content (AvgIpc) is 4.38. The van der Waals surface area contributed by atoms with Gasteiger partial charge >= 0.3 is 29.4 Å². The van der Waals surface area contributed by atoms with Crippen molar-refractivity contribution in [1.82, 2.24) is 19.9 Å². The molecule has 0 unspecified atom stereocenters. The van der Waals surface area contributed by atoms with Gasteiger partial charge < -0.3 is 9.97 Å². The maximum Gasteiger partial charge on any atom is 0.108 e. The Labute approximate surface area is 455 Å². The smallest absolute Gasteiger partial charge is 0.108 e. The van der Waals surface area contributed by atoms with Gasteiger partial charge in [0.15, 0.2) is 0 Å². The molecule has 13 rings (SSSR count). The van der Waals surface area contributed by atoms with E-state index in [0.29, 0.717) is 0 Å². The predicted molar refractivity (Wildman–Crippen MR) is 316 cm³/mol. The molecule has 0 fully saturated rings. The Morgan fingerprint density at radius 3 is 0.654 bits per heavy atom. The molecule has 5 heterocycles. The largest absolute Gasteiger partial charge is 0.195 e. The van der Waals surface area contributed by atoms with E-state index in [0.717, 1.165) is 89.4 Å². The van der Waals surface area contributed by atoms with E-state index < -0.39 is 19.5 Å². The van der Waals surface area contributed by atoms with Gasteiger partial charge in [-0.3, -0.25) is 0 Å². The first kappa shape index (κ1) is 50.6. The first-order chi connectivity index (χ1) is 38.2. The summed E-state index contributed by atoms with van der Waals surface area (Å²) < 4.78 is 31.8. The molecular weight excluding hydrogens is 1000 g/mol. The van der Waals surface area contributed by atoms with Gasteiger partial charge in [-0.2, -0.15) is 21.9 Å². The van der Waals surface area contributed by atoms with E-state index in [-0.39, 0.29) is 0 Å². The van der Waals surface area contributed by atoms with Gasteiger partial charge in [0.25, 0.3) is 0 Å². The van der Waals surface area contributed by atoms with Crippen LogP contribution in [-0.4, -0.2) is 34.5 Å². The Kier molecular flexibility index (Phi) is 14.8. The molecule has 11 aromatic rings. The summed E-state index contributed by atoms with van der Waals surface area (Å²) in [7, 11) is 0. The molecule has 78 heavy (non-hydrogen) atoms. The van der Waals surface area contributed by atoms with Crippen molar-refractivity contribution in [2.45, 2.75) is 0 Å². The summed E-state index contributed by atoms with van der Waals surface area (Å²) in [6.07, 6.45) is 7.33. The quantitative estimate of drug-likeness (QED) is 0.112. The molecule has 0 saturated carbocycles. The molecule has 379 valence electrons. The Morgan fingerprint density at radius 1 is 0.282 bits per heavy atom. The minimum Gasteiger partial charge on any atom is -0.195 e. The number of rotatable bonds is 8. The minimum atomic E-state index is -5.12. The molecule has 4 N–H and O–H groups in total. The summed E-state index contributed by atoms with van der Waals surface area (Å²) in [5.74, 6) is 0. The van der Waals surface area contributed by atoms with Crippen molar-refractivity contribution < 1.29 is 29.4 Å². The van der Waals surface area contributed by atoms with E-state index in [4.69, 9.17) is 26.0 Å². The standard InChI is InChI=1S/C44H30N4.C24H20B.Mn.2H2O.2O/c1-5-13-29(14-6-1)41-33-21-23-35(45-33)42(30-15-7-2-8-16-30)37-25-27-39(47-37)44(32-19-11-4-12-20-32)40-28-26-38(48-40)43(31-17-9-3-10-18-31)36-24-22-34(41)46-36;1-5-13-21(14-6-1)25(22-15-7-2-8-16-22,23-17-9-3-10-18-23)24-19-11-4-12-20-24;;;;;/h1-28,45,48H;1-20H;;2*1H2;;/q;-1;+2;;;;/p-2. The van der Waals surface area contributed by atoms with Crippen molar-refractivity contribution in [2.24, 2.45) is 0 Å². The summed E-state index contributed by atoms with van der Waals surface area (Å²) >= 11 is -5.12. The number of H-pyrrole nitrogens is 2. The second-order valence-electron chi connectivity index (χ2n) is 18.9. The van der Waals surface area contributed by atoms with Crippen molar-refractivity contribution in [2.75, 3.05) is 0 Å². The topological polar surface area (TPSA) is 132 Å². The van der Waals surface area contributed by atoms with Crippen molar-refractivity contribution in [3.05, 3.63) is 290 Å². The molecule has 0 amide bonds. The zero-order chi connectivity index (χ0) is 53.3. The van der Waals surface area contributed by atoms with Crippen molar-refractivity contribution in [3.63, 3.8) is 0 Å². The van der Waals surface area contributed by atoms with Gasteiger partial charge in [0, 0.05) is 44.3 Å². The first-order valence-electron chi connectivity index (χ1n) is 25.6. The molecule has 8 aromatic carbocycles. The molecule has 0 aliphatic carbocycles. The Hall–Kier alpha value is -9.54. The fourth-order valence-corrected chi connectivity index (χ4v) is 11.0. The van der Waals surface area contributed by atoms with Crippen LogP contribution >= 0.6 is 0 Å². The molecular formula is C68H52BMnN4O4-. The summed E-state index contributed by atoms with van der Waals surface area (Å²) in [5.41, 5.74) is 21.5. The molecule has 8 bridgehead atoms. The molecule has 0 spiro atoms. The van der Waals surface area contributed by atoms with E-state index in [9.17, 15) is 0 Å². The normalized spacial score (nSPS) is 11.7. The first-order valence-corrected chi connectivity index (χ1v) is 27.6. The fourth-order valence-electron chi connectivity index (χ4n) is 11.0. The fraction of sp³-hybridized carbons (Fsp3) is 0. The van der Waals surface area contributed by atoms with Gasteiger partial charge in [0.05, 0.1) is 22.8 Å². The van der Waals surface area contributed by atoms with Crippen LogP contribution in [0.25, 0.3) is 90.9 Å². The number of benzene rings is 8. The van der Waals surface area contributed by atoms with Crippen LogP contribution in [0.4, 0.5) is 0 Å². The van der Waals surface area contributed by atoms with Gasteiger partial charge in [-0.25, -0.2) is 9.97 Å². The number of hydrogen-bond acceptors (Lipinski definition) is 4. The monoisotopic (exact) mass is 1050 g/mol. The van der Waals surface area contributed by atoms with Crippen LogP contribution in [0.15, 0.2) is 267 Å². The number of hydrogen-bond donors (Lipinski definition) is 4. The van der Waals surface area contributed by atoms with Gasteiger partial charge in [0.2, 0.25) is 0 Å². The molecule has 3 aromatic heterocycles. The van der Waals surface area contributed by atoms with Gasteiger partial charge in [-0.15, -0.1) is 0 Å². The molecule has 2 aliphatic rings. The van der Waals surface area contributed by atoms with Crippen LogP contribution in [0.1, 0.15) is 22.8 Å². The van der Waals surface area contributed by atoms with Crippen LogP contribution in [0, 0.1) is 0 Å². The molecule has 0 atom stereocenters. The SMILES string of the molecule is C1=Cc2nc1c(-c1ccccc1)c1ccc([nH]1)c(-c1ccccc1)c1nc(c(-c3ccccc3)c3ccc([nH]3)c2-c2ccccc2)C=C1.[O]=[Mn](=[O])([OH])[OH].c1ccc([B-](c2ccccc2)(c2ccccc2)c2ccccc2)cc1. The third kappa shape index (κ3) is 10.8. The van der Waals surface area contributed by atoms with Crippen molar-refractivity contribution >= 4 is 74.4 Å². The summed E-state index contributed by atoms with van der Waals surface area (Å²) in [6, 6.07) is 94.2. The second kappa shape index (κ2) is 22.7. The maximum atomic E-state index is 8.80. The van der Waals surface area contributed by atoms with E-state index >= 15 is 0 Å². The third-order valence-electron chi connectivity index (χ3n) is 14.2. The number of nitrogens with zero attached hydrogens (tertiary/aromatic N) is 2. The molecule has 0 saturated heterocycles. The van der Waals surface area contributed by atoms with Crippen LogP contribution in [0.3, 0.4) is 0 Å². The van der Waals surface area contributed by atoms with Crippen molar-refractivity contribution in [1.29, 1.82) is 0 Å². The van der Waals surface area contributed by atoms with E-state index in [1.54, 1.807) is 0 Å². The maximum absolute atomic E-state index is 8.80. The van der Waals surface area contributed by atoms with Crippen LogP contribution < -0.4 is 21.9 Å². The zero-order valence-electron chi connectivity index (χ0n) is 42.3. The van der Waals surface area contributed by atoms with E-state index in [1.807, 2.05) is 24.3 Å². The Morgan fingerprint density at radius 2 is 0.462 bits per heavy atom. The Balaban J connectivity index is 0.000000180. The van der Waals surface area contributed by atoms with Crippen LogP contribution in [0.5, 0.6) is 0 Å². The van der Waals surface area contributed by atoms with Crippen LogP contribution in [0.2, 0.25) is 0 Å². The molecule has 0 radical (unpaired) electrons. The molecule has 2 aliphatic heterocycles. The van der Waals surface area contributed by atoms with Crippen LogP contribution in [-0.2, 0) is 21.0 Å².